The van der Waals surface area contributed by atoms with Crippen molar-refractivity contribution in [3.63, 3.8) is 0 Å². The van der Waals surface area contributed by atoms with Gasteiger partial charge in [0, 0.05) is 37.1 Å². The van der Waals surface area contributed by atoms with Crippen LogP contribution in [0.5, 0.6) is 5.75 Å². The lowest BCUT2D eigenvalue weighted by molar-refractivity contribution is -0.133. The zero-order valence-electron chi connectivity index (χ0n) is 18.7. The van der Waals surface area contributed by atoms with Crippen molar-refractivity contribution >= 4 is 23.3 Å². The van der Waals surface area contributed by atoms with Crippen LogP contribution in [0, 0.1) is 23.7 Å². The van der Waals surface area contributed by atoms with E-state index in [4.69, 9.17) is 15.9 Å². The van der Waals surface area contributed by atoms with Gasteiger partial charge < -0.3 is 20.7 Å². The first-order chi connectivity index (χ1) is 15.6. The van der Waals surface area contributed by atoms with E-state index in [1.54, 1.807) is 17.9 Å². The average Bonchev–Trinajstić information content (AvgIpc) is 2.72. The van der Waals surface area contributed by atoms with Crippen molar-refractivity contribution in [2.45, 2.75) is 39.2 Å². The van der Waals surface area contributed by atoms with Gasteiger partial charge in [-0.1, -0.05) is 0 Å². The number of amides is 1. The molecule has 1 aliphatic rings. The van der Waals surface area contributed by atoms with Crippen molar-refractivity contribution in [3.8, 4) is 11.8 Å². The lowest BCUT2D eigenvalue weighted by Crippen LogP contribution is -2.47. The number of carbonyl (C=O) groups excluding carboxylic acids is 1. The number of nitrogen functional groups attached to an aromatic ring is 1. The minimum Gasteiger partial charge on any atom is -0.496 e. The Hall–Kier alpha value is -3.81. The van der Waals surface area contributed by atoms with Crippen LogP contribution in [0.4, 0.5) is 20.4 Å². The fourth-order valence-electron chi connectivity index (χ4n) is 4.04. The highest BCUT2D eigenvalue weighted by atomic mass is 19.3. The molecule has 1 fully saturated rings. The van der Waals surface area contributed by atoms with Gasteiger partial charge in [0.05, 0.1) is 30.3 Å². The molecule has 1 aromatic carbocycles. The summed E-state index contributed by atoms with van der Waals surface area (Å²) in [5.41, 5.74) is 7.15. The molecule has 0 bridgehead atoms. The molecule has 1 aliphatic heterocycles. The summed E-state index contributed by atoms with van der Waals surface area (Å²) >= 11 is 0. The van der Waals surface area contributed by atoms with Gasteiger partial charge in [0.2, 0.25) is 5.91 Å². The number of rotatable bonds is 7. The number of benzene rings is 1. The van der Waals surface area contributed by atoms with Crippen LogP contribution < -0.4 is 15.8 Å². The molecule has 1 amide bonds. The third-order valence-corrected chi connectivity index (χ3v) is 5.86. The number of nitriles is 1. The van der Waals surface area contributed by atoms with Gasteiger partial charge in [-0.05, 0) is 25.5 Å². The summed E-state index contributed by atoms with van der Waals surface area (Å²) in [6.45, 7) is 6.13. The summed E-state index contributed by atoms with van der Waals surface area (Å²) < 4.78 is 32.2. The van der Waals surface area contributed by atoms with E-state index in [0.717, 1.165) is 17.5 Å². The largest absolute Gasteiger partial charge is 0.496 e. The van der Waals surface area contributed by atoms with Crippen LogP contribution in [0.25, 0.3) is 0 Å². The summed E-state index contributed by atoms with van der Waals surface area (Å²) in [6.07, 6.45) is -1.93. The van der Waals surface area contributed by atoms with Crippen LogP contribution in [-0.4, -0.2) is 53.1 Å². The van der Waals surface area contributed by atoms with Crippen molar-refractivity contribution in [2.75, 3.05) is 31.2 Å². The topological polar surface area (TPSA) is 141 Å². The van der Waals surface area contributed by atoms with Gasteiger partial charge in [-0.25, -0.2) is 18.7 Å². The number of likely N-dealkylation sites (tertiary alicyclic amines) is 1. The van der Waals surface area contributed by atoms with Gasteiger partial charge in [0.15, 0.2) is 0 Å². The number of hydrogen-bond acceptors (Lipinski definition) is 8. The minimum atomic E-state index is -3.05. The zero-order valence-corrected chi connectivity index (χ0v) is 18.7. The number of hydrogen-bond donors (Lipinski definition) is 3. The summed E-state index contributed by atoms with van der Waals surface area (Å²) in [4.78, 5) is 21.1. The molecule has 2 heterocycles. The van der Waals surface area contributed by atoms with Crippen molar-refractivity contribution in [1.82, 2.24) is 14.9 Å². The van der Waals surface area contributed by atoms with E-state index in [-0.39, 0.29) is 29.0 Å². The first kappa shape index (κ1) is 23.8. The standard InChI is InChI=1S/C22H25F2N7O2/c1-10-13(6-25)5-15(19(33-4)16(10)14-7-31(8-14)12(3)32)11(2)30-22-17(18(26)20(23)24)21(27)28-9-29-22/h5,9,11,14,20,26H,7-8H2,1-4H3,(H3,27,28,29,30). The molecule has 0 spiro atoms. The highest BCUT2D eigenvalue weighted by molar-refractivity contribution is 6.07. The zero-order chi connectivity index (χ0) is 24.4. The Kier molecular flexibility index (Phi) is 6.76. The van der Waals surface area contributed by atoms with Gasteiger partial charge in [-0.15, -0.1) is 0 Å². The molecule has 0 radical (unpaired) electrons. The van der Waals surface area contributed by atoms with Crippen LogP contribution in [0.2, 0.25) is 0 Å². The molecule has 2 aromatic rings. The van der Waals surface area contributed by atoms with E-state index in [1.807, 2.05) is 6.92 Å². The molecule has 4 N–H and O–H groups in total. The van der Waals surface area contributed by atoms with E-state index >= 15 is 0 Å². The summed E-state index contributed by atoms with van der Waals surface area (Å²) in [5, 5.41) is 20.4. The van der Waals surface area contributed by atoms with E-state index in [1.165, 1.54) is 14.0 Å². The van der Waals surface area contributed by atoms with Gasteiger partial charge in [0.1, 0.15) is 29.4 Å². The molecule has 1 atom stereocenters. The van der Waals surface area contributed by atoms with E-state index in [0.29, 0.717) is 30.0 Å². The smallest absolute Gasteiger partial charge is 0.280 e. The molecule has 33 heavy (non-hydrogen) atoms. The van der Waals surface area contributed by atoms with Crippen molar-refractivity contribution < 1.29 is 18.3 Å². The first-order valence-electron chi connectivity index (χ1n) is 10.2. The molecule has 174 valence electrons. The SMILES string of the molecule is COc1c(C(C)Nc2ncnc(N)c2C(=N)C(F)F)cc(C#N)c(C)c1C1CN(C(C)=O)C1. The number of alkyl halides is 2. The molecular formula is C22H25F2N7O2. The van der Waals surface area contributed by atoms with E-state index < -0.39 is 18.2 Å². The van der Waals surface area contributed by atoms with Gasteiger partial charge >= 0.3 is 0 Å². The van der Waals surface area contributed by atoms with Crippen LogP contribution in [0.1, 0.15) is 53.6 Å². The normalized spacial score (nSPS) is 14.4. The first-order valence-corrected chi connectivity index (χ1v) is 10.2. The number of methoxy groups -OCH3 is 1. The van der Waals surface area contributed by atoms with Crippen molar-refractivity contribution in [2.24, 2.45) is 0 Å². The maximum absolute atomic E-state index is 13.2. The lowest BCUT2D eigenvalue weighted by Gasteiger charge is -2.40. The number of nitrogens with zero attached hydrogens (tertiary/aromatic N) is 4. The molecule has 1 unspecified atom stereocenters. The fraction of sp³-hybridized carbons (Fsp3) is 0.409. The number of ether oxygens (including phenoxy) is 1. The Labute approximate surface area is 190 Å². The quantitative estimate of drug-likeness (QED) is 0.543. The molecule has 1 saturated heterocycles. The predicted molar refractivity (Wildman–Crippen MR) is 119 cm³/mol. The molecule has 0 saturated carbocycles. The molecular weight excluding hydrogens is 432 g/mol. The number of carbonyl (C=O) groups is 1. The van der Waals surface area contributed by atoms with E-state index in [2.05, 4.69) is 21.4 Å². The van der Waals surface area contributed by atoms with Crippen LogP contribution in [0.15, 0.2) is 12.4 Å². The number of anilines is 2. The maximum atomic E-state index is 13.2. The molecule has 3 rings (SSSR count). The highest BCUT2D eigenvalue weighted by Gasteiger charge is 2.35. The Balaban J connectivity index is 2.05. The van der Waals surface area contributed by atoms with Gasteiger partial charge in [0.25, 0.3) is 6.43 Å². The second-order valence-corrected chi connectivity index (χ2v) is 7.88. The summed E-state index contributed by atoms with van der Waals surface area (Å²) in [6, 6.07) is 3.33. The summed E-state index contributed by atoms with van der Waals surface area (Å²) in [7, 11) is 1.52. The predicted octanol–water partition coefficient (Wildman–Crippen LogP) is 3.00. The Bertz CT molecular complexity index is 1140. The molecule has 9 nitrogen and oxygen atoms in total. The number of nitrogens with one attached hydrogen (secondary N) is 2. The van der Waals surface area contributed by atoms with Crippen LogP contribution in [0.3, 0.4) is 0 Å². The Morgan fingerprint density at radius 2 is 2.09 bits per heavy atom. The Morgan fingerprint density at radius 1 is 1.42 bits per heavy atom. The molecule has 1 aromatic heterocycles. The van der Waals surface area contributed by atoms with Crippen LogP contribution in [-0.2, 0) is 4.79 Å². The van der Waals surface area contributed by atoms with E-state index in [9.17, 15) is 18.8 Å². The van der Waals surface area contributed by atoms with Crippen molar-refractivity contribution in [1.29, 1.82) is 10.7 Å². The average molecular weight is 457 g/mol. The molecule has 0 aliphatic carbocycles. The monoisotopic (exact) mass is 457 g/mol. The molecule has 11 heteroatoms. The summed E-state index contributed by atoms with van der Waals surface area (Å²) in [5.74, 6) is 0.268. The lowest BCUT2D eigenvalue weighted by atomic mass is 9.83. The second kappa shape index (κ2) is 9.36. The van der Waals surface area contributed by atoms with Gasteiger partial charge in [-0.3, -0.25) is 10.2 Å². The fourth-order valence-corrected chi connectivity index (χ4v) is 4.04. The third-order valence-electron chi connectivity index (χ3n) is 5.86. The third kappa shape index (κ3) is 4.41. The van der Waals surface area contributed by atoms with Crippen LogP contribution >= 0.6 is 0 Å². The second-order valence-electron chi connectivity index (χ2n) is 7.88. The highest BCUT2D eigenvalue weighted by Crippen LogP contribution is 2.42. The number of nitrogens with two attached hydrogens (primary N) is 1. The number of halogens is 2. The van der Waals surface area contributed by atoms with Crippen molar-refractivity contribution in [3.05, 3.63) is 40.2 Å². The minimum absolute atomic E-state index is 0.000340. The Morgan fingerprint density at radius 3 is 2.64 bits per heavy atom. The maximum Gasteiger partial charge on any atom is 0.280 e. The number of aromatic nitrogens is 2. The van der Waals surface area contributed by atoms with Gasteiger partial charge in [-0.2, -0.15) is 5.26 Å².